The number of hydrogen-bond donors (Lipinski definition) is 2. The second-order valence-electron chi connectivity index (χ2n) is 7.53. The van der Waals surface area contributed by atoms with Gasteiger partial charge in [0.1, 0.15) is 0 Å². The van der Waals surface area contributed by atoms with Crippen molar-refractivity contribution in [3.63, 3.8) is 0 Å². The van der Waals surface area contributed by atoms with Gasteiger partial charge in [-0.15, -0.1) is 11.8 Å². The van der Waals surface area contributed by atoms with E-state index in [0.717, 1.165) is 13.0 Å². The Morgan fingerprint density at radius 2 is 1.81 bits per heavy atom. The summed E-state index contributed by atoms with van der Waals surface area (Å²) in [7, 11) is 1.00. The number of rotatable bonds is 4. The Kier molecular flexibility index (Phi) is 7.18. The first-order chi connectivity index (χ1) is 12.8. The van der Waals surface area contributed by atoms with Gasteiger partial charge in [-0.3, -0.25) is 0 Å². The van der Waals surface area contributed by atoms with Crippen molar-refractivity contribution in [1.29, 1.82) is 0 Å². The predicted octanol–water partition coefficient (Wildman–Crippen LogP) is 4.79. The standard InChI is InChI=1S/C22H27NS.CH4O/c23-21-11-10-20(14-21)19-9-8-17-12-16(6-7-18(17)13-19)15-24-22-4-2-1-3-5-22;1-2/h1-5,8-9,13,16,20-21H,6-7,10-12,14-15,23H2;2H,1H3/t16-,20?,21?;/m0./s1. The van der Waals surface area contributed by atoms with Gasteiger partial charge in [-0.25, -0.2) is 0 Å². The fourth-order valence-electron chi connectivity index (χ4n) is 4.30. The molecule has 4 rings (SSSR count). The molecule has 3 heteroatoms. The average Bonchev–Trinajstić information content (AvgIpc) is 3.14. The van der Waals surface area contributed by atoms with Gasteiger partial charge in [0.2, 0.25) is 0 Å². The number of benzene rings is 2. The first kappa shape index (κ1) is 19.5. The molecule has 0 spiro atoms. The number of fused-ring (bicyclic) bond motifs is 1. The number of aliphatic hydroxyl groups is 1. The minimum absolute atomic E-state index is 0.422. The van der Waals surface area contributed by atoms with Gasteiger partial charge in [-0.2, -0.15) is 0 Å². The summed E-state index contributed by atoms with van der Waals surface area (Å²) in [5, 5.41) is 7.00. The molecular weight excluding hydrogens is 338 g/mol. The van der Waals surface area contributed by atoms with Crippen LogP contribution in [-0.4, -0.2) is 24.0 Å². The zero-order valence-electron chi connectivity index (χ0n) is 15.7. The Morgan fingerprint density at radius 3 is 2.54 bits per heavy atom. The summed E-state index contributed by atoms with van der Waals surface area (Å²) >= 11 is 2.01. The van der Waals surface area contributed by atoms with Crippen LogP contribution in [0.1, 0.15) is 48.3 Å². The van der Waals surface area contributed by atoms with E-state index in [1.54, 1.807) is 16.7 Å². The SMILES string of the molecule is CO.NC1CCC(c2ccc3c(c2)CC[C@H](CSc2ccccc2)C3)C1. The van der Waals surface area contributed by atoms with Gasteiger partial charge in [0, 0.05) is 23.8 Å². The van der Waals surface area contributed by atoms with Crippen LogP contribution < -0.4 is 5.73 Å². The molecule has 2 aromatic rings. The molecule has 2 aromatic carbocycles. The number of thioether (sulfide) groups is 1. The normalized spacial score (nSPS) is 24.5. The maximum atomic E-state index is 7.00. The molecule has 3 N–H and O–H groups in total. The van der Waals surface area contributed by atoms with Gasteiger partial charge in [-0.05, 0) is 79.2 Å². The van der Waals surface area contributed by atoms with Crippen molar-refractivity contribution >= 4 is 11.8 Å². The molecule has 0 radical (unpaired) electrons. The van der Waals surface area contributed by atoms with E-state index in [1.165, 1.54) is 49.2 Å². The van der Waals surface area contributed by atoms with Crippen LogP contribution in [0.5, 0.6) is 0 Å². The van der Waals surface area contributed by atoms with E-state index < -0.39 is 0 Å². The van der Waals surface area contributed by atoms with E-state index in [0.29, 0.717) is 12.0 Å². The molecule has 2 aliphatic carbocycles. The molecule has 140 valence electrons. The van der Waals surface area contributed by atoms with E-state index in [2.05, 4.69) is 48.5 Å². The number of aliphatic hydroxyl groups excluding tert-OH is 1. The van der Waals surface area contributed by atoms with Crippen molar-refractivity contribution in [1.82, 2.24) is 0 Å². The molecule has 3 atom stereocenters. The Bertz CT molecular complexity index is 688. The maximum Gasteiger partial charge on any atom is 0.0319 e. The molecule has 2 aliphatic rings. The van der Waals surface area contributed by atoms with Gasteiger partial charge < -0.3 is 10.8 Å². The van der Waals surface area contributed by atoms with Crippen LogP contribution in [0.4, 0.5) is 0 Å². The van der Waals surface area contributed by atoms with E-state index in [1.807, 2.05) is 11.8 Å². The number of nitrogens with two attached hydrogens (primary N) is 1. The fourth-order valence-corrected chi connectivity index (χ4v) is 5.36. The predicted molar refractivity (Wildman–Crippen MR) is 112 cm³/mol. The van der Waals surface area contributed by atoms with Gasteiger partial charge in [0.15, 0.2) is 0 Å². The molecule has 1 fully saturated rings. The van der Waals surface area contributed by atoms with Crippen molar-refractivity contribution in [2.24, 2.45) is 11.7 Å². The highest BCUT2D eigenvalue weighted by atomic mass is 32.2. The van der Waals surface area contributed by atoms with Crippen LogP contribution in [0.15, 0.2) is 53.4 Å². The molecule has 0 aliphatic heterocycles. The lowest BCUT2D eigenvalue weighted by Crippen LogP contribution is -2.17. The first-order valence-corrected chi connectivity index (χ1v) is 10.8. The Labute approximate surface area is 162 Å². The molecule has 0 amide bonds. The van der Waals surface area contributed by atoms with Gasteiger partial charge >= 0.3 is 0 Å². The van der Waals surface area contributed by atoms with Crippen LogP contribution in [-0.2, 0) is 12.8 Å². The smallest absolute Gasteiger partial charge is 0.0319 e. The summed E-state index contributed by atoms with van der Waals surface area (Å²) in [6.45, 7) is 0. The minimum atomic E-state index is 0.422. The minimum Gasteiger partial charge on any atom is -0.400 e. The third kappa shape index (κ3) is 4.91. The number of aryl methyl sites for hydroxylation is 1. The first-order valence-electron chi connectivity index (χ1n) is 9.78. The molecule has 2 unspecified atom stereocenters. The van der Waals surface area contributed by atoms with Crippen LogP contribution in [0.2, 0.25) is 0 Å². The average molecular weight is 370 g/mol. The quantitative estimate of drug-likeness (QED) is 0.762. The van der Waals surface area contributed by atoms with Crippen LogP contribution in [0, 0.1) is 5.92 Å². The Balaban J connectivity index is 0.000000948. The lowest BCUT2D eigenvalue weighted by atomic mass is 9.82. The van der Waals surface area contributed by atoms with Crippen molar-refractivity contribution in [2.75, 3.05) is 12.9 Å². The topological polar surface area (TPSA) is 46.2 Å². The van der Waals surface area contributed by atoms with E-state index >= 15 is 0 Å². The summed E-state index contributed by atoms with van der Waals surface area (Å²) in [5.41, 5.74) is 10.8. The van der Waals surface area contributed by atoms with Crippen LogP contribution in [0.3, 0.4) is 0 Å². The van der Waals surface area contributed by atoms with Gasteiger partial charge in [0.05, 0.1) is 0 Å². The zero-order chi connectivity index (χ0) is 18.4. The van der Waals surface area contributed by atoms with E-state index in [4.69, 9.17) is 10.8 Å². The second kappa shape index (κ2) is 9.59. The lowest BCUT2D eigenvalue weighted by Gasteiger charge is -2.25. The molecule has 0 saturated heterocycles. The molecule has 0 bridgehead atoms. The van der Waals surface area contributed by atoms with Gasteiger partial charge in [0.25, 0.3) is 0 Å². The van der Waals surface area contributed by atoms with E-state index in [-0.39, 0.29) is 0 Å². The highest BCUT2D eigenvalue weighted by molar-refractivity contribution is 7.99. The summed E-state index contributed by atoms with van der Waals surface area (Å²) in [6.07, 6.45) is 7.48. The summed E-state index contributed by atoms with van der Waals surface area (Å²) in [6, 6.07) is 18.5. The molecular formula is C23H31NOS. The molecule has 2 nitrogen and oxygen atoms in total. The highest BCUT2D eigenvalue weighted by Crippen LogP contribution is 2.37. The maximum absolute atomic E-state index is 7.00. The summed E-state index contributed by atoms with van der Waals surface area (Å²) in [5.74, 6) is 2.76. The van der Waals surface area contributed by atoms with Crippen molar-refractivity contribution < 1.29 is 5.11 Å². The monoisotopic (exact) mass is 369 g/mol. The highest BCUT2D eigenvalue weighted by Gasteiger charge is 2.25. The van der Waals surface area contributed by atoms with Gasteiger partial charge in [-0.1, -0.05) is 36.4 Å². The second-order valence-corrected chi connectivity index (χ2v) is 8.62. The molecule has 1 saturated carbocycles. The zero-order valence-corrected chi connectivity index (χ0v) is 16.5. The third-order valence-electron chi connectivity index (χ3n) is 5.73. The Hall–Kier alpha value is -1.29. The summed E-state index contributed by atoms with van der Waals surface area (Å²) in [4.78, 5) is 1.40. The Morgan fingerprint density at radius 1 is 1.00 bits per heavy atom. The lowest BCUT2D eigenvalue weighted by molar-refractivity contribution is 0.399. The largest absolute Gasteiger partial charge is 0.400 e. The van der Waals surface area contributed by atoms with Crippen molar-refractivity contribution in [2.45, 2.75) is 55.4 Å². The summed E-state index contributed by atoms with van der Waals surface area (Å²) < 4.78 is 0. The third-order valence-corrected chi connectivity index (χ3v) is 6.98. The molecule has 0 aromatic heterocycles. The number of hydrogen-bond acceptors (Lipinski definition) is 3. The fraction of sp³-hybridized carbons (Fsp3) is 0.478. The van der Waals surface area contributed by atoms with Crippen molar-refractivity contribution in [3.8, 4) is 0 Å². The molecule has 26 heavy (non-hydrogen) atoms. The van der Waals surface area contributed by atoms with Crippen molar-refractivity contribution in [3.05, 3.63) is 65.2 Å². The molecule has 0 heterocycles. The van der Waals surface area contributed by atoms with E-state index in [9.17, 15) is 0 Å². The van der Waals surface area contributed by atoms with Crippen LogP contribution in [0.25, 0.3) is 0 Å². The van der Waals surface area contributed by atoms with Crippen LogP contribution >= 0.6 is 11.8 Å².